The Hall–Kier alpha value is -1.52. The van der Waals surface area contributed by atoms with Crippen molar-refractivity contribution in [3.8, 4) is 5.75 Å². The lowest BCUT2D eigenvalue weighted by atomic mass is 9.98. The third kappa shape index (κ3) is 2.60. The number of hydrogen-bond acceptors (Lipinski definition) is 3. The van der Waals surface area contributed by atoms with Crippen molar-refractivity contribution in [3.63, 3.8) is 0 Å². The van der Waals surface area contributed by atoms with Crippen molar-refractivity contribution >= 4 is 22.0 Å². The molecule has 88 valence electrons. The Kier molecular flexibility index (Phi) is 3.36. The van der Waals surface area contributed by atoms with E-state index >= 15 is 0 Å². The minimum absolute atomic E-state index is 0.119. The number of halogens is 1. The first-order valence-corrected chi connectivity index (χ1v) is 5.90. The molecule has 3 nitrogen and oxygen atoms in total. The molecule has 1 aromatic rings. The summed E-state index contributed by atoms with van der Waals surface area (Å²) in [5.74, 6) is 0.295. The molecular weight excluding hydrogens is 282 g/mol. The van der Waals surface area contributed by atoms with Crippen LogP contribution in [0.1, 0.15) is 5.56 Å². The minimum atomic E-state index is -0.543. The van der Waals surface area contributed by atoms with Crippen LogP contribution in [0.3, 0.4) is 0 Å². The molecule has 4 N–H and O–H groups in total. The molecule has 4 heteroatoms. The second kappa shape index (κ2) is 4.77. The number of benzene rings is 1. The topological polar surface area (TPSA) is 66.5 Å². The summed E-state index contributed by atoms with van der Waals surface area (Å²) in [4.78, 5) is 0. The van der Waals surface area contributed by atoms with Gasteiger partial charge in [0.05, 0.1) is 6.04 Å². The minimum Gasteiger partial charge on any atom is -0.510 e. The van der Waals surface area contributed by atoms with Crippen molar-refractivity contribution in [2.45, 2.75) is 6.04 Å². The van der Waals surface area contributed by atoms with E-state index in [1.165, 1.54) is 0 Å². The molecule has 0 spiro atoms. The maximum Gasteiger partial charge on any atom is 0.122 e. The molecule has 0 aliphatic heterocycles. The molecular formula is C13H12BrNO2. The highest BCUT2D eigenvalue weighted by atomic mass is 79.9. The van der Waals surface area contributed by atoms with Crippen molar-refractivity contribution in [1.29, 1.82) is 0 Å². The van der Waals surface area contributed by atoms with E-state index < -0.39 is 6.04 Å². The normalized spacial score (nSPS) is 21.6. The highest BCUT2D eigenvalue weighted by Gasteiger charge is 2.14. The Labute approximate surface area is 108 Å². The van der Waals surface area contributed by atoms with Gasteiger partial charge in [-0.15, -0.1) is 0 Å². The molecule has 0 fully saturated rings. The number of aromatic hydroxyl groups is 1. The molecule has 0 heterocycles. The zero-order valence-corrected chi connectivity index (χ0v) is 10.6. The van der Waals surface area contributed by atoms with Gasteiger partial charge in [0.25, 0.3) is 0 Å². The Morgan fingerprint density at radius 3 is 2.82 bits per heavy atom. The molecule has 0 saturated carbocycles. The van der Waals surface area contributed by atoms with Gasteiger partial charge in [-0.2, -0.15) is 0 Å². The first kappa shape index (κ1) is 12.0. The number of rotatable bonds is 1. The maximum atomic E-state index is 9.71. The van der Waals surface area contributed by atoms with Gasteiger partial charge in [0, 0.05) is 10.0 Å². The van der Waals surface area contributed by atoms with Crippen molar-refractivity contribution in [3.05, 3.63) is 57.8 Å². The van der Waals surface area contributed by atoms with E-state index in [2.05, 4.69) is 15.9 Å². The molecule has 1 atom stereocenters. The molecule has 1 aliphatic carbocycles. The maximum absolute atomic E-state index is 9.71. The summed E-state index contributed by atoms with van der Waals surface area (Å²) >= 11 is 3.34. The van der Waals surface area contributed by atoms with Crippen molar-refractivity contribution < 1.29 is 10.2 Å². The molecule has 0 aromatic heterocycles. The summed E-state index contributed by atoms with van der Waals surface area (Å²) in [5.41, 5.74) is 7.23. The van der Waals surface area contributed by atoms with Crippen LogP contribution < -0.4 is 5.73 Å². The van der Waals surface area contributed by atoms with E-state index in [9.17, 15) is 10.2 Å². The largest absolute Gasteiger partial charge is 0.510 e. The third-order valence-corrected chi connectivity index (χ3v) is 3.04. The van der Waals surface area contributed by atoms with E-state index in [0.29, 0.717) is 5.56 Å². The van der Waals surface area contributed by atoms with Gasteiger partial charge in [-0.25, -0.2) is 0 Å². The monoisotopic (exact) mass is 293 g/mol. The lowest BCUT2D eigenvalue weighted by molar-refractivity contribution is 0.380. The molecule has 0 radical (unpaired) electrons. The average molecular weight is 294 g/mol. The highest BCUT2D eigenvalue weighted by Crippen LogP contribution is 2.26. The first-order chi connectivity index (χ1) is 8.08. The van der Waals surface area contributed by atoms with Crippen LogP contribution in [0.5, 0.6) is 5.75 Å². The highest BCUT2D eigenvalue weighted by molar-refractivity contribution is 9.10. The van der Waals surface area contributed by atoms with Gasteiger partial charge in [-0.3, -0.25) is 0 Å². The predicted molar refractivity (Wildman–Crippen MR) is 71.6 cm³/mol. The van der Waals surface area contributed by atoms with E-state index in [-0.39, 0.29) is 11.5 Å². The van der Waals surface area contributed by atoms with Gasteiger partial charge in [0.15, 0.2) is 0 Å². The number of aliphatic hydroxyl groups is 1. The molecule has 1 aromatic carbocycles. The Morgan fingerprint density at radius 1 is 1.29 bits per heavy atom. The van der Waals surface area contributed by atoms with Crippen molar-refractivity contribution in [1.82, 2.24) is 0 Å². The Balaban J connectivity index is 2.40. The average Bonchev–Trinajstić information content (AvgIpc) is 2.30. The van der Waals surface area contributed by atoms with Gasteiger partial charge in [-0.1, -0.05) is 28.1 Å². The van der Waals surface area contributed by atoms with Gasteiger partial charge in [-0.05, 0) is 35.9 Å². The van der Waals surface area contributed by atoms with Crippen LogP contribution in [0.4, 0.5) is 0 Å². The molecule has 0 bridgehead atoms. The quantitative estimate of drug-likeness (QED) is 0.746. The lowest BCUT2D eigenvalue weighted by Crippen LogP contribution is -2.25. The van der Waals surface area contributed by atoms with Gasteiger partial charge >= 0.3 is 0 Å². The van der Waals surface area contributed by atoms with Crippen LogP contribution in [0.2, 0.25) is 0 Å². The van der Waals surface area contributed by atoms with Crippen LogP contribution in [-0.2, 0) is 0 Å². The lowest BCUT2D eigenvalue weighted by Gasteiger charge is -2.15. The van der Waals surface area contributed by atoms with Gasteiger partial charge in [0.1, 0.15) is 11.5 Å². The van der Waals surface area contributed by atoms with Gasteiger partial charge in [0.2, 0.25) is 0 Å². The SMILES string of the molecule is NC1C(O)=CC=CC1=Cc1cc(Br)ccc1O. The number of phenols is 1. The number of aliphatic hydroxyl groups excluding tert-OH is 1. The zero-order valence-electron chi connectivity index (χ0n) is 8.97. The third-order valence-electron chi connectivity index (χ3n) is 2.55. The predicted octanol–water partition coefficient (Wildman–Crippen LogP) is 2.88. The molecule has 17 heavy (non-hydrogen) atoms. The fraction of sp³-hybridized carbons (Fsp3) is 0.0769. The van der Waals surface area contributed by atoms with E-state index in [0.717, 1.165) is 10.0 Å². The van der Waals surface area contributed by atoms with Crippen LogP contribution in [0.25, 0.3) is 6.08 Å². The first-order valence-electron chi connectivity index (χ1n) is 5.11. The molecule has 0 amide bonds. The van der Waals surface area contributed by atoms with E-state index in [1.54, 1.807) is 36.4 Å². The second-order valence-electron chi connectivity index (χ2n) is 3.78. The van der Waals surface area contributed by atoms with Crippen molar-refractivity contribution in [2.75, 3.05) is 0 Å². The van der Waals surface area contributed by atoms with Crippen LogP contribution in [-0.4, -0.2) is 16.3 Å². The number of hydrogen-bond donors (Lipinski definition) is 3. The smallest absolute Gasteiger partial charge is 0.122 e. The van der Waals surface area contributed by atoms with Crippen LogP contribution >= 0.6 is 15.9 Å². The van der Waals surface area contributed by atoms with Crippen molar-refractivity contribution in [2.24, 2.45) is 5.73 Å². The second-order valence-corrected chi connectivity index (χ2v) is 4.69. The molecule has 1 unspecified atom stereocenters. The van der Waals surface area contributed by atoms with Crippen LogP contribution in [0, 0.1) is 0 Å². The number of nitrogens with two attached hydrogens (primary N) is 1. The zero-order chi connectivity index (χ0) is 12.4. The molecule has 2 rings (SSSR count). The summed E-state index contributed by atoms with van der Waals surface area (Å²) in [6.07, 6.45) is 6.84. The number of allylic oxidation sites excluding steroid dienone is 2. The summed E-state index contributed by atoms with van der Waals surface area (Å²) < 4.78 is 0.871. The van der Waals surface area contributed by atoms with Gasteiger partial charge < -0.3 is 15.9 Å². The fourth-order valence-corrected chi connectivity index (χ4v) is 1.97. The summed E-state index contributed by atoms with van der Waals surface area (Å²) in [6.45, 7) is 0. The standard InChI is InChI=1S/C13H12BrNO2/c14-10-4-5-11(16)9(7-10)6-8-2-1-3-12(17)13(8)15/h1-7,13,16-17H,15H2. The van der Waals surface area contributed by atoms with Crippen LogP contribution in [0.15, 0.2) is 52.2 Å². The summed E-state index contributed by atoms with van der Waals surface area (Å²) in [6, 6.07) is 4.60. The van der Waals surface area contributed by atoms with E-state index in [4.69, 9.17) is 5.73 Å². The Morgan fingerprint density at radius 2 is 2.06 bits per heavy atom. The Bertz CT molecular complexity index is 532. The molecule has 0 saturated heterocycles. The molecule has 1 aliphatic rings. The number of phenolic OH excluding ortho intramolecular Hbond substituents is 1. The summed E-state index contributed by atoms with van der Waals surface area (Å²) in [7, 11) is 0. The van der Waals surface area contributed by atoms with E-state index in [1.807, 2.05) is 6.08 Å². The fourth-order valence-electron chi connectivity index (χ4n) is 1.59. The summed E-state index contributed by atoms with van der Waals surface area (Å²) in [5, 5.41) is 19.2.